The Labute approximate surface area is 159 Å². The number of aromatic hydroxyl groups is 1. The third-order valence-corrected chi connectivity index (χ3v) is 9.22. The van der Waals surface area contributed by atoms with E-state index in [9.17, 15) is 15.3 Å². The van der Waals surface area contributed by atoms with Crippen LogP contribution in [0.3, 0.4) is 0 Å². The molecule has 7 atom stereocenters. The Kier molecular flexibility index (Phi) is 2.41. The number of aliphatic hydroxyl groups is 2. The van der Waals surface area contributed by atoms with Gasteiger partial charge in [-0.2, -0.15) is 0 Å². The summed E-state index contributed by atoms with van der Waals surface area (Å²) < 4.78 is 7.22. The summed E-state index contributed by atoms with van der Waals surface area (Å²) >= 11 is 0. The molecule has 7 unspecified atom stereocenters. The number of rotatable bonds is 2. The van der Waals surface area contributed by atoms with Crippen LogP contribution in [-0.2, 0) is 11.8 Å². The Bertz CT molecular complexity index is 899. The lowest BCUT2D eigenvalue weighted by atomic mass is 9.57. The Morgan fingerprint density at radius 3 is 2.85 bits per heavy atom. The van der Waals surface area contributed by atoms with E-state index in [1.807, 2.05) is 6.07 Å². The number of likely N-dealkylation sites (tertiary alicyclic amines) is 1. The molecule has 3 N–H and O–H groups in total. The topological polar surface area (TPSA) is 69.9 Å². The Hall–Kier alpha value is -1.30. The Morgan fingerprint density at radius 2 is 2.07 bits per heavy atom. The normalized spacial score (nSPS) is 53.4. The smallest absolute Gasteiger partial charge is 0.165 e. The first-order valence-electron chi connectivity index (χ1n) is 10.6. The number of fused-ring (bicyclic) bond motifs is 1. The van der Waals surface area contributed by atoms with E-state index >= 15 is 0 Å². The van der Waals surface area contributed by atoms with Crippen LogP contribution in [0.5, 0.6) is 11.5 Å². The molecule has 1 aromatic rings. The maximum absolute atomic E-state index is 12.4. The highest BCUT2D eigenvalue weighted by Crippen LogP contribution is 2.76. The van der Waals surface area contributed by atoms with Gasteiger partial charge in [0, 0.05) is 11.5 Å². The van der Waals surface area contributed by atoms with E-state index in [1.54, 1.807) is 6.07 Å². The van der Waals surface area contributed by atoms with Gasteiger partial charge in [0.15, 0.2) is 11.5 Å². The summed E-state index contributed by atoms with van der Waals surface area (Å²) in [5.41, 5.74) is 0.936. The maximum atomic E-state index is 12.4. The number of hydrogen-bond donors (Lipinski definition) is 3. The molecule has 0 radical (unpaired) electrons. The zero-order chi connectivity index (χ0) is 18.4. The van der Waals surface area contributed by atoms with Crippen molar-refractivity contribution in [2.45, 2.75) is 67.8 Å². The molecule has 3 saturated carbocycles. The van der Waals surface area contributed by atoms with Crippen LogP contribution in [0.15, 0.2) is 12.1 Å². The van der Waals surface area contributed by atoms with E-state index < -0.39 is 23.2 Å². The van der Waals surface area contributed by atoms with Crippen molar-refractivity contribution in [3.63, 3.8) is 0 Å². The molecule has 2 spiro atoms. The SMILES string of the molecule is C[N+]1(CC2CC2)CC23Cc4ccc(O)c5c4C4(C2)C(O5)C(O)CCC4(O)C31. The summed E-state index contributed by atoms with van der Waals surface area (Å²) in [5.74, 6) is 1.50. The predicted molar refractivity (Wildman–Crippen MR) is 97.6 cm³/mol. The minimum Gasteiger partial charge on any atom is -0.504 e. The van der Waals surface area contributed by atoms with Gasteiger partial charge in [0.2, 0.25) is 0 Å². The summed E-state index contributed by atoms with van der Waals surface area (Å²) in [4.78, 5) is 0. The first kappa shape index (κ1) is 15.6. The zero-order valence-corrected chi connectivity index (χ0v) is 15.8. The van der Waals surface area contributed by atoms with E-state index in [1.165, 1.54) is 24.9 Å². The zero-order valence-electron chi connectivity index (χ0n) is 15.8. The van der Waals surface area contributed by atoms with Crippen LogP contribution in [0.25, 0.3) is 0 Å². The first-order chi connectivity index (χ1) is 12.8. The monoisotopic (exact) mass is 370 g/mol. The molecule has 6 aliphatic rings. The molecule has 2 aliphatic heterocycles. The molecule has 7 rings (SSSR count). The van der Waals surface area contributed by atoms with E-state index in [-0.39, 0.29) is 17.2 Å². The number of quaternary nitrogens is 1. The van der Waals surface area contributed by atoms with Gasteiger partial charge in [0.1, 0.15) is 17.7 Å². The fourth-order valence-electron chi connectivity index (χ4n) is 8.90. The van der Waals surface area contributed by atoms with E-state index in [0.29, 0.717) is 18.6 Å². The third-order valence-electron chi connectivity index (χ3n) is 9.22. The largest absolute Gasteiger partial charge is 0.504 e. The van der Waals surface area contributed by atoms with Crippen molar-refractivity contribution in [1.29, 1.82) is 0 Å². The number of phenolic OH excluding ortho intramolecular Hbond substituents is 1. The molecule has 1 saturated heterocycles. The highest BCUT2D eigenvalue weighted by atomic mass is 16.5. The molecule has 0 aromatic heterocycles. The minimum atomic E-state index is -0.858. The minimum absolute atomic E-state index is 0.107. The lowest BCUT2D eigenvalue weighted by molar-refractivity contribution is -0.999. The van der Waals surface area contributed by atoms with E-state index in [4.69, 9.17) is 4.74 Å². The molecule has 27 heavy (non-hydrogen) atoms. The molecule has 0 amide bonds. The highest BCUT2D eigenvalue weighted by molar-refractivity contribution is 5.64. The fourth-order valence-corrected chi connectivity index (χ4v) is 8.90. The Balaban J connectivity index is 1.49. The Morgan fingerprint density at radius 1 is 1.26 bits per heavy atom. The van der Waals surface area contributed by atoms with Crippen LogP contribution in [0.1, 0.15) is 43.2 Å². The third kappa shape index (κ3) is 1.45. The lowest BCUT2D eigenvalue weighted by Crippen LogP contribution is -2.80. The molecular weight excluding hydrogens is 342 g/mol. The molecule has 5 nitrogen and oxygen atoms in total. The molecular formula is C22H28NO4+. The number of ether oxygens (including phenoxy) is 1. The summed E-state index contributed by atoms with van der Waals surface area (Å²) in [5, 5.41) is 33.7. The molecule has 2 heterocycles. The number of hydrogen-bond acceptors (Lipinski definition) is 4. The van der Waals surface area contributed by atoms with Crippen LogP contribution < -0.4 is 4.74 Å². The van der Waals surface area contributed by atoms with Crippen molar-refractivity contribution in [3.05, 3.63) is 23.3 Å². The summed E-state index contributed by atoms with van der Waals surface area (Å²) in [6.07, 6.45) is 4.71. The van der Waals surface area contributed by atoms with Crippen molar-refractivity contribution in [2.24, 2.45) is 11.3 Å². The van der Waals surface area contributed by atoms with Gasteiger partial charge in [-0.3, -0.25) is 0 Å². The highest BCUT2D eigenvalue weighted by Gasteiger charge is 2.87. The van der Waals surface area contributed by atoms with Crippen molar-refractivity contribution in [2.75, 3.05) is 20.1 Å². The first-order valence-corrected chi connectivity index (χ1v) is 10.6. The molecule has 144 valence electrons. The average Bonchev–Trinajstić information content (AvgIpc) is 3.29. The molecule has 5 heteroatoms. The van der Waals surface area contributed by atoms with Crippen LogP contribution in [0.4, 0.5) is 0 Å². The molecule has 1 aromatic carbocycles. The average molecular weight is 370 g/mol. The lowest BCUT2D eigenvalue weighted by Gasteiger charge is -2.63. The number of aliphatic hydroxyl groups excluding tert-OH is 1. The van der Waals surface area contributed by atoms with Crippen molar-refractivity contribution >= 4 is 0 Å². The number of benzene rings is 1. The van der Waals surface area contributed by atoms with Gasteiger partial charge in [-0.05, 0) is 50.2 Å². The van der Waals surface area contributed by atoms with Crippen molar-refractivity contribution < 1.29 is 24.5 Å². The van der Waals surface area contributed by atoms with Gasteiger partial charge in [-0.15, -0.1) is 0 Å². The van der Waals surface area contributed by atoms with E-state index in [2.05, 4.69) is 7.05 Å². The second kappa shape index (κ2) is 4.17. The number of likely N-dealkylation sites (N-methyl/N-ethyl adjacent to an activating group) is 1. The molecule has 4 aliphatic carbocycles. The van der Waals surface area contributed by atoms with Gasteiger partial charge in [-0.1, -0.05) is 6.07 Å². The summed E-state index contributed by atoms with van der Waals surface area (Å²) in [6, 6.07) is 3.99. The van der Waals surface area contributed by atoms with Crippen LogP contribution in [0.2, 0.25) is 0 Å². The van der Waals surface area contributed by atoms with Gasteiger partial charge in [0.25, 0.3) is 0 Å². The van der Waals surface area contributed by atoms with E-state index in [0.717, 1.165) is 35.4 Å². The summed E-state index contributed by atoms with van der Waals surface area (Å²) in [6.45, 7) is 2.30. The molecule has 4 fully saturated rings. The predicted octanol–water partition coefficient (Wildman–Crippen LogP) is 1.46. The maximum Gasteiger partial charge on any atom is 0.165 e. The fraction of sp³-hybridized carbons (Fsp3) is 0.727. The van der Waals surface area contributed by atoms with Crippen LogP contribution >= 0.6 is 0 Å². The van der Waals surface area contributed by atoms with Gasteiger partial charge in [-0.25, -0.2) is 0 Å². The number of nitrogens with zero attached hydrogens (tertiary/aromatic N) is 1. The summed E-state index contributed by atoms with van der Waals surface area (Å²) in [7, 11) is 2.35. The van der Waals surface area contributed by atoms with Crippen LogP contribution in [0, 0.1) is 11.3 Å². The van der Waals surface area contributed by atoms with Crippen molar-refractivity contribution in [3.8, 4) is 11.5 Å². The second-order valence-corrected chi connectivity index (χ2v) is 10.9. The van der Waals surface area contributed by atoms with Crippen molar-refractivity contribution in [1.82, 2.24) is 0 Å². The van der Waals surface area contributed by atoms with Crippen LogP contribution in [-0.4, -0.2) is 63.8 Å². The quantitative estimate of drug-likeness (QED) is 0.690. The van der Waals surface area contributed by atoms with Gasteiger partial charge in [0.05, 0.1) is 37.1 Å². The number of phenols is 1. The van der Waals surface area contributed by atoms with Gasteiger partial charge >= 0.3 is 0 Å². The van der Waals surface area contributed by atoms with Gasteiger partial charge < -0.3 is 24.5 Å². The molecule has 2 bridgehead atoms. The standard InChI is InChI=1S/C22H27NO4/c1-23(9-12-2-3-12)11-20-8-13-4-5-14(24)17-16(13)21(10-20)18(27-17)15(25)6-7-22(21,26)19(20)23/h4-5,12,15,18-19,25-26H,2-3,6-11H2,1H3/p+1. The second-order valence-electron chi connectivity index (χ2n) is 10.9.